The molecule has 11 nitrogen and oxygen atoms in total. The van der Waals surface area contributed by atoms with Gasteiger partial charge in [0.05, 0.1) is 11.4 Å². The molecular formula is C31H36N8O3. The maximum atomic E-state index is 11.1. The average molecular weight is 569 g/mol. The first-order chi connectivity index (χ1) is 20.5. The van der Waals surface area contributed by atoms with Gasteiger partial charge in [0, 0.05) is 56.9 Å². The number of likely N-dealkylation sites (tertiary alicyclic amines) is 1. The van der Waals surface area contributed by atoms with Crippen LogP contribution in [0.4, 0.5) is 10.6 Å². The lowest BCUT2D eigenvalue weighted by Gasteiger charge is -2.48. The molecule has 4 heterocycles. The van der Waals surface area contributed by atoms with Crippen LogP contribution in [-0.4, -0.2) is 97.0 Å². The standard InChI is InChI=1S/C31H36N8O3/c32-29-27-28(21-6-12-26(13-7-21)42-25-4-2-1-3-5-25)35-39(30(27)34-20-33-29)23-10-8-22(9-11-23)36-14-16-37(17-15-36)24-18-38(19-24)31(40)41/h1-7,12-13,20,22-24H,8-11,14-19H2,(H,40,41)(H2,32,33,34). The zero-order valence-electron chi connectivity index (χ0n) is 23.5. The Hall–Kier alpha value is -4.22. The van der Waals surface area contributed by atoms with Gasteiger partial charge in [0.25, 0.3) is 0 Å². The van der Waals surface area contributed by atoms with Gasteiger partial charge in [-0.05, 0) is 62.1 Å². The number of para-hydroxylation sites is 1. The summed E-state index contributed by atoms with van der Waals surface area (Å²) in [7, 11) is 0. The van der Waals surface area contributed by atoms with Crippen molar-refractivity contribution in [2.75, 3.05) is 45.0 Å². The number of nitrogen functional groups attached to an aromatic ring is 1. The van der Waals surface area contributed by atoms with Crippen LogP contribution in [0.5, 0.6) is 11.5 Å². The molecule has 1 saturated carbocycles. The summed E-state index contributed by atoms with van der Waals surface area (Å²) >= 11 is 0. The van der Waals surface area contributed by atoms with Crippen molar-refractivity contribution in [1.29, 1.82) is 0 Å². The minimum absolute atomic E-state index is 0.255. The van der Waals surface area contributed by atoms with Crippen molar-refractivity contribution in [2.45, 2.75) is 43.8 Å². The van der Waals surface area contributed by atoms with Crippen molar-refractivity contribution in [2.24, 2.45) is 0 Å². The Bertz CT molecular complexity index is 1540. The molecule has 218 valence electrons. The predicted octanol–water partition coefficient (Wildman–Crippen LogP) is 4.33. The highest BCUT2D eigenvalue weighted by atomic mass is 16.5. The van der Waals surface area contributed by atoms with E-state index in [2.05, 4.69) is 24.4 Å². The van der Waals surface area contributed by atoms with E-state index >= 15 is 0 Å². The van der Waals surface area contributed by atoms with E-state index in [9.17, 15) is 4.79 Å². The van der Waals surface area contributed by atoms with Crippen LogP contribution in [0.15, 0.2) is 60.9 Å². The monoisotopic (exact) mass is 568 g/mol. The lowest BCUT2D eigenvalue weighted by atomic mass is 9.89. The van der Waals surface area contributed by atoms with Crippen molar-refractivity contribution >= 4 is 22.9 Å². The van der Waals surface area contributed by atoms with Gasteiger partial charge in [-0.1, -0.05) is 18.2 Å². The quantitative estimate of drug-likeness (QED) is 0.349. The molecule has 3 N–H and O–H groups in total. The van der Waals surface area contributed by atoms with Gasteiger partial charge < -0.3 is 20.5 Å². The number of hydrogen-bond donors (Lipinski definition) is 2. The maximum Gasteiger partial charge on any atom is 0.407 e. The summed E-state index contributed by atoms with van der Waals surface area (Å²) in [6.07, 6.45) is 5.02. The molecule has 7 rings (SSSR count). The minimum atomic E-state index is -0.806. The molecule has 11 heteroatoms. The number of anilines is 1. The van der Waals surface area contributed by atoms with Crippen LogP contribution < -0.4 is 10.5 Å². The lowest BCUT2D eigenvalue weighted by molar-refractivity contribution is -0.00291. The second kappa shape index (κ2) is 11.2. The van der Waals surface area contributed by atoms with Gasteiger partial charge in [0.2, 0.25) is 0 Å². The Balaban J connectivity index is 1.02. The van der Waals surface area contributed by atoms with Crippen molar-refractivity contribution in [3.8, 4) is 22.8 Å². The highest BCUT2D eigenvalue weighted by molar-refractivity contribution is 5.98. The van der Waals surface area contributed by atoms with Crippen LogP contribution in [0, 0.1) is 0 Å². The Morgan fingerprint density at radius 2 is 1.43 bits per heavy atom. The highest BCUT2D eigenvalue weighted by Crippen LogP contribution is 2.37. The highest BCUT2D eigenvalue weighted by Gasteiger charge is 2.37. The molecule has 0 atom stereocenters. The first-order valence-corrected chi connectivity index (χ1v) is 14.8. The first-order valence-electron chi connectivity index (χ1n) is 14.8. The third kappa shape index (κ3) is 5.14. The summed E-state index contributed by atoms with van der Waals surface area (Å²) in [5.74, 6) is 1.99. The van der Waals surface area contributed by atoms with Crippen molar-refractivity contribution in [1.82, 2.24) is 34.4 Å². The lowest BCUT2D eigenvalue weighted by Crippen LogP contribution is -2.64. The summed E-state index contributed by atoms with van der Waals surface area (Å²) in [6.45, 7) is 5.38. The van der Waals surface area contributed by atoms with Gasteiger partial charge in [-0.25, -0.2) is 19.4 Å². The molecule has 0 bridgehead atoms. The number of benzene rings is 2. The van der Waals surface area contributed by atoms with Gasteiger partial charge in [-0.2, -0.15) is 5.10 Å². The fraction of sp³-hybridized carbons (Fsp3) is 0.419. The van der Waals surface area contributed by atoms with Gasteiger partial charge in [-0.15, -0.1) is 0 Å². The number of fused-ring (bicyclic) bond motifs is 1. The predicted molar refractivity (Wildman–Crippen MR) is 160 cm³/mol. The van der Waals surface area contributed by atoms with Crippen LogP contribution in [0.2, 0.25) is 0 Å². The molecule has 2 aromatic carbocycles. The number of aromatic nitrogens is 4. The minimum Gasteiger partial charge on any atom is -0.465 e. The van der Waals surface area contributed by atoms with E-state index in [1.807, 2.05) is 54.6 Å². The molecule has 2 aromatic heterocycles. The number of rotatable bonds is 6. The second-order valence-corrected chi connectivity index (χ2v) is 11.6. The molecule has 3 fully saturated rings. The number of nitrogens with zero attached hydrogens (tertiary/aromatic N) is 7. The molecule has 4 aromatic rings. The number of piperazine rings is 1. The van der Waals surface area contributed by atoms with Crippen LogP contribution >= 0.6 is 0 Å². The number of hydrogen-bond acceptors (Lipinski definition) is 8. The summed E-state index contributed by atoms with van der Waals surface area (Å²) in [5.41, 5.74) is 8.92. The number of amides is 1. The number of carbonyl (C=O) groups is 1. The third-order valence-corrected chi connectivity index (χ3v) is 9.15. The Kier molecular flexibility index (Phi) is 7.12. The molecule has 1 amide bonds. The van der Waals surface area contributed by atoms with E-state index in [-0.39, 0.29) is 6.04 Å². The van der Waals surface area contributed by atoms with Gasteiger partial charge in [0.1, 0.15) is 29.3 Å². The molecule has 42 heavy (non-hydrogen) atoms. The largest absolute Gasteiger partial charge is 0.465 e. The molecule has 0 unspecified atom stereocenters. The number of nitrogens with two attached hydrogens (primary N) is 1. The smallest absolute Gasteiger partial charge is 0.407 e. The zero-order valence-corrected chi connectivity index (χ0v) is 23.5. The van der Waals surface area contributed by atoms with Crippen molar-refractivity contribution in [3.05, 3.63) is 60.9 Å². The maximum absolute atomic E-state index is 11.1. The van der Waals surface area contributed by atoms with E-state index in [0.717, 1.165) is 85.7 Å². The fourth-order valence-corrected chi connectivity index (χ4v) is 6.74. The summed E-state index contributed by atoms with van der Waals surface area (Å²) < 4.78 is 8.05. The van der Waals surface area contributed by atoms with Crippen LogP contribution in [0.25, 0.3) is 22.3 Å². The van der Waals surface area contributed by atoms with E-state index < -0.39 is 6.09 Å². The van der Waals surface area contributed by atoms with E-state index in [1.54, 1.807) is 0 Å². The average Bonchev–Trinajstić information content (AvgIpc) is 3.39. The molecule has 0 radical (unpaired) electrons. The topological polar surface area (TPSA) is 126 Å². The summed E-state index contributed by atoms with van der Waals surface area (Å²) in [6, 6.07) is 18.9. The van der Waals surface area contributed by atoms with Crippen LogP contribution in [0.1, 0.15) is 31.7 Å². The van der Waals surface area contributed by atoms with E-state index in [0.29, 0.717) is 31.0 Å². The molecule has 2 aliphatic heterocycles. The van der Waals surface area contributed by atoms with Crippen LogP contribution in [-0.2, 0) is 0 Å². The van der Waals surface area contributed by atoms with E-state index in [1.165, 1.54) is 11.2 Å². The number of ether oxygens (including phenoxy) is 1. The molecule has 0 spiro atoms. The van der Waals surface area contributed by atoms with Crippen molar-refractivity contribution < 1.29 is 14.6 Å². The van der Waals surface area contributed by atoms with Crippen molar-refractivity contribution in [3.63, 3.8) is 0 Å². The second-order valence-electron chi connectivity index (χ2n) is 11.6. The molecular weight excluding hydrogens is 532 g/mol. The van der Waals surface area contributed by atoms with Crippen LogP contribution in [0.3, 0.4) is 0 Å². The zero-order chi connectivity index (χ0) is 28.6. The Labute approximate surface area is 244 Å². The SMILES string of the molecule is Nc1ncnc2c1c(-c1ccc(Oc3ccccc3)cc1)nn2C1CCC(N2CCN(C3CN(C(=O)O)C3)CC2)CC1. The van der Waals surface area contributed by atoms with Gasteiger partial charge in [-0.3, -0.25) is 9.80 Å². The molecule has 2 saturated heterocycles. The number of carboxylic acid groups (broad SMARTS) is 1. The molecule has 3 aliphatic rings. The third-order valence-electron chi connectivity index (χ3n) is 9.15. The summed E-state index contributed by atoms with van der Waals surface area (Å²) in [4.78, 5) is 26.6. The fourth-order valence-electron chi connectivity index (χ4n) is 6.74. The Morgan fingerprint density at radius 3 is 2.10 bits per heavy atom. The molecule has 1 aliphatic carbocycles. The summed E-state index contributed by atoms with van der Waals surface area (Å²) in [5, 5.41) is 15.0. The van der Waals surface area contributed by atoms with Gasteiger partial charge >= 0.3 is 6.09 Å². The van der Waals surface area contributed by atoms with E-state index in [4.69, 9.17) is 20.7 Å². The normalized spacial score (nSPS) is 22.2. The first kappa shape index (κ1) is 26.7. The van der Waals surface area contributed by atoms with Gasteiger partial charge in [0.15, 0.2) is 5.65 Å². The Morgan fingerprint density at radius 1 is 0.810 bits per heavy atom.